The molecule has 27 heavy (non-hydrogen) atoms. The van der Waals surface area contributed by atoms with E-state index in [1.165, 1.54) is 23.9 Å². The number of nitrogens with one attached hydrogen (secondary N) is 1. The first-order chi connectivity index (χ1) is 13.0. The Hall–Kier alpha value is -2.16. The van der Waals surface area contributed by atoms with E-state index in [1.807, 2.05) is 0 Å². The summed E-state index contributed by atoms with van der Waals surface area (Å²) in [6.45, 7) is -1.19. The second-order valence-corrected chi connectivity index (χ2v) is 8.15. The minimum atomic E-state index is -2.95. The van der Waals surface area contributed by atoms with Crippen molar-refractivity contribution in [2.24, 2.45) is 0 Å². The summed E-state index contributed by atoms with van der Waals surface area (Å²) in [6, 6.07) is 6.59. The van der Waals surface area contributed by atoms with Gasteiger partial charge in [0.15, 0.2) is 5.16 Å². The first kappa shape index (κ1) is 18.2. The Morgan fingerprint density at radius 3 is 2.67 bits per heavy atom. The predicted molar refractivity (Wildman–Crippen MR) is 97.3 cm³/mol. The van der Waals surface area contributed by atoms with E-state index < -0.39 is 11.9 Å². The van der Waals surface area contributed by atoms with Gasteiger partial charge >= 0.3 is 6.61 Å². The van der Waals surface area contributed by atoms with E-state index in [0.717, 1.165) is 36.7 Å². The van der Waals surface area contributed by atoms with Crippen molar-refractivity contribution in [2.75, 3.05) is 5.32 Å². The maximum absolute atomic E-state index is 12.6. The highest BCUT2D eigenvalue weighted by Crippen LogP contribution is 2.46. The molecule has 0 spiro atoms. The summed E-state index contributed by atoms with van der Waals surface area (Å²) in [6.07, 6.45) is 4.52. The lowest BCUT2D eigenvalue weighted by molar-refractivity contribution is -0.115. The SMILES string of the molecule is C[C@H](Sc1nnc(C2CC2)n1C1CC1)C(=O)Nc1ccccc1OC(F)F. The van der Waals surface area contributed by atoms with E-state index in [2.05, 4.69) is 24.8 Å². The van der Waals surface area contributed by atoms with Crippen molar-refractivity contribution in [3.8, 4) is 5.75 Å². The van der Waals surface area contributed by atoms with Crippen LogP contribution in [-0.2, 0) is 4.79 Å². The predicted octanol–water partition coefficient (Wildman–Crippen LogP) is 4.21. The van der Waals surface area contributed by atoms with Crippen LogP contribution < -0.4 is 10.1 Å². The van der Waals surface area contributed by atoms with E-state index >= 15 is 0 Å². The van der Waals surface area contributed by atoms with Crippen LogP contribution in [0.15, 0.2) is 29.4 Å². The number of para-hydroxylation sites is 2. The van der Waals surface area contributed by atoms with E-state index in [9.17, 15) is 13.6 Å². The van der Waals surface area contributed by atoms with E-state index in [0.29, 0.717) is 12.0 Å². The van der Waals surface area contributed by atoms with Gasteiger partial charge in [0.05, 0.1) is 10.9 Å². The van der Waals surface area contributed by atoms with Crippen LogP contribution in [0.2, 0.25) is 0 Å². The van der Waals surface area contributed by atoms with Gasteiger partial charge in [-0.05, 0) is 44.7 Å². The molecule has 0 aliphatic heterocycles. The zero-order chi connectivity index (χ0) is 19.0. The molecule has 0 unspecified atom stereocenters. The summed E-state index contributed by atoms with van der Waals surface area (Å²) in [5.41, 5.74) is 0.220. The number of alkyl halides is 2. The zero-order valence-corrected chi connectivity index (χ0v) is 15.6. The van der Waals surface area contributed by atoms with Crippen molar-refractivity contribution in [1.82, 2.24) is 14.8 Å². The molecule has 2 saturated carbocycles. The lowest BCUT2D eigenvalue weighted by atomic mass is 10.3. The first-order valence-electron chi connectivity index (χ1n) is 8.99. The van der Waals surface area contributed by atoms with Crippen LogP contribution in [0.1, 0.15) is 50.4 Å². The molecule has 1 atom stereocenters. The number of nitrogens with zero attached hydrogens (tertiary/aromatic N) is 3. The minimum Gasteiger partial charge on any atom is -0.433 e. The van der Waals surface area contributed by atoms with Gasteiger partial charge in [-0.1, -0.05) is 23.9 Å². The number of hydrogen-bond donors (Lipinski definition) is 1. The molecule has 2 aliphatic rings. The Labute approximate surface area is 159 Å². The number of rotatable bonds is 8. The van der Waals surface area contributed by atoms with Gasteiger partial charge < -0.3 is 14.6 Å². The Kier molecular flexibility index (Phi) is 5.03. The van der Waals surface area contributed by atoms with Gasteiger partial charge in [0.2, 0.25) is 5.91 Å². The van der Waals surface area contributed by atoms with Gasteiger partial charge in [-0.3, -0.25) is 4.79 Å². The number of hydrogen-bond acceptors (Lipinski definition) is 5. The fourth-order valence-electron chi connectivity index (χ4n) is 2.88. The molecule has 1 amide bonds. The normalized spacial score (nSPS) is 17.8. The minimum absolute atomic E-state index is 0.0600. The first-order valence-corrected chi connectivity index (χ1v) is 9.87. The van der Waals surface area contributed by atoms with Gasteiger partial charge in [0.25, 0.3) is 0 Å². The maximum Gasteiger partial charge on any atom is 0.387 e. The number of halogens is 2. The van der Waals surface area contributed by atoms with Gasteiger partial charge in [0, 0.05) is 12.0 Å². The maximum atomic E-state index is 12.6. The number of benzene rings is 1. The number of anilines is 1. The second kappa shape index (κ2) is 7.46. The molecule has 1 aromatic carbocycles. The zero-order valence-electron chi connectivity index (χ0n) is 14.8. The van der Waals surface area contributed by atoms with Crippen LogP contribution in [-0.4, -0.2) is 32.5 Å². The molecular weight excluding hydrogens is 374 g/mol. The molecule has 144 valence electrons. The van der Waals surface area contributed by atoms with Gasteiger partial charge in [-0.2, -0.15) is 8.78 Å². The molecule has 1 aromatic heterocycles. The van der Waals surface area contributed by atoms with Gasteiger partial charge in [0.1, 0.15) is 11.6 Å². The average molecular weight is 394 g/mol. The fraction of sp³-hybridized carbons (Fsp3) is 0.500. The molecule has 6 nitrogen and oxygen atoms in total. The Morgan fingerprint density at radius 2 is 2.00 bits per heavy atom. The number of carbonyl (C=O) groups excluding carboxylic acids is 1. The topological polar surface area (TPSA) is 69.0 Å². The Morgan fingerprint density at radius 1 is 1.26 bits per heavy atom. The summed E-state index contributed by atoms with van der Waals surface area (Å²) >= 11 is 1.34. The van der Waals surface area contributed by atoms with Crippen molar-refractivity contribution >= 4 is 23.4 Å². The molecule has 1 heterocycles. The van der Waals surface area contributed by atoms with Crippen LogP contribution in [0.5, 0.6) is 5.75 Å². The second-order valence-electron chi connectivity index (χ2n) is 6.84. The van der Waals surface area contributed by atoms with Crippen LogP contribution in [0, 0.1) is 0 Å². The van der Waals surface area contributed by atoms with Gasteiger partial charge in [-0.15, -0.1) is 10.2 Å². The average Bonchev–Trinajstić information content (AvgIpc) is 3.55. The van der Waals surface area contributed by atoms with E-state index in [4.69, 9.17) is 0 Å². The smallest absolute Gasteiger partial charge is 0.387 e. The van der Waals surface area contributed by atoms with Crippen molar-refractivity contribution in [3.05, 3.63) is 30.1 Å². The van der Waals surface area contributed by atoms with E-state index in [-0.39, 0.29) is 17.3 Å². The molecule has 9 heteroatoms. The molecule has 0 saturated heterocycles. The highest BCUT2D eigenvalue weighted by atomic mass is 32.2. The third-order valence-electron chi connectivity index (χ3n) is 4.56. The lowest BCUT2D eigenvalue weighted by Gasteiger charge is -2.15. The molecule has 0 bridgehead atoms. The van der Waals surface area contributed by atoms with Crippen molar-refractivity contribution in [3.63, 3.8) is 0 Å². The summed E-state index contributed by atoms with van der Waals surface area (Å²) in [7, 11) is 0. The lowest BCUT2D eigenvalue weighted by Crippen LogP contribution is -2.23. The summed E-state index contributed by atoms with van der Waals surface area (Å²) < 4.78 is 31.7. The van der Waals surface area contributed by atoms with Crippen molar-refractivity contribution in [2.45, 2.75) is 61.6 Å². The number of carbonyl (C=O) groups is 1. The van der Waals surface area contributed by atoms with Gasteiger partial charge in [-0.25, -0.2) is 0 Å². The molecule has 2 fully saturated rings. The fourth-order valence-corrected chi connectivity index (χ4v) is 3.81. The monoisotopic (exact) mass is 394 g/mol. The largest absolute Gasteiger partial charge is 0.433 e. The van der Waals surface area contributed by atoms with Crippen LogP contribution in [0.3, 0.4) is 0 Å². The summed E-state index contributed by atoms with van der Waals surface area (Å²) in [5, 5.41) is 11.6. The quantitative estimate of drug-likeness (QED) is 0.679. The summed E-state index contributed by atoms with van der Waals surface area (Å²) in [5.74, 6) is 1.16. The molecule has 2 aromatic rings. The number of ether oxygens (including phenoxy) is 1. The standard InChI is InChI=1S/C18H20F2N4O2S/c1-10(16(25)21-13-4-2-3-5-14(13)26-17(19)20)27-18-23-22-15(11-6-7-11)24(18)12-8-9-12/h2-5,10-12,17H,6-9H2,1H3,(H,21,25)/t10-/m0/s1. The number of thioether (sulfide) groups is 1. The van der Waals surface area contributed by atoms with Crippen molar-refractivity contribution < 1.29 is 18.3 Å². The molecule has 0 radical (unpaired) electrons. The molecule has 1 N–H and O–H groups in total. The molecule has 2 aliphatic carbocycles. The Bertz CT molecular complexity index is 837. The Balaban J connectivity index is 1.45. The van der Waals surface area contributed by atoms with E-state index in [1.54, 1.807) is 19.1 Å². The van der Waals surface area contributed by atoms with Crippen LogP contribution in [0.25, 0.3) is 0 Å². The third-order valence-corrected chi connectivity index (χ3v) is 5.61. The number of amides is 1. The van der Waals surface area contributed by atoms with Crippen LogP contribution >= 0.6 is 11.8 Å². The third kappa shape index (κ3) is 4.23. The van der Waals surface area contributed by atoms with Crippen LogP contribution in [0.4, 0.5) is 14.5 Å². The van der Waals surface area contributed by atoms with Crippen molar-refractivity contribution in [1.29, 1.82) is 0 Å². The highest BCUT2D eigenvalue weighted by Gasteiger charge is 2.37. The summed E-state index contributed by atoms with van der Waals surface area (Å²) in [4.78, 5) is 12.6. The number of aromatic nitrogens is 3. The molecule has 4 rings (SSSR count). The molecular formula is C18H20F2N4O2S. The highest BCUT2D eigenvalue weighted by molar-refractivity contribution is 8.00.